The molecule has 0 aliphatic carbocycles. The topological polar surface area (TPSA) is 57.6 Å². The van der Waals surface area contributed by atoms with Crippen LogP contribution < -0.4 is 0 Å². The second-order valence-corrected chi connectivity index (χ2v) is 4.12. The van der Waals surface area contributed by atoms with Crippen LogP contribution in [0.2, 0.25) is 0 Å². The molecule has 0 rings (SSSR count). The fourth-order valence-electron chi connectivity index (χ4n) is 1.52. The first kappa shape index (κ1) is 14.7. The van der Waals surface area contributed by atoms with Gasteiger partial charge >= 0.3 is 5.97 Å². The largest absolute Gasteiger partial charge is 0.481 e. The van der Waals surface area contributed by atoms with Gasteiger partial charge in [-0.2, -0.15) is 0 Å². The Morgan fingerprint density at radius 1 is 1.38 bits per heavy atom. The number of nitrogens with zero attached hydrogens (tertiary/aromatic N) is 1. The van der Waals surface area contributed by atoms with Crippen molar-refractivity contribution in [2.45, 2.75) is 33.1 Å². The molecule has 0 spiro atoms. The van der Waals surface area contributed by atoms with E-state index in [-0.39, 0.29) is 11.8 Å². The molecule has 0 saturated carbocycles. The maximum atomic E-state index is 11.5. The Morgan fingerprint density at radius 2 is 1.94 bits per heavy atom. The third-order valence-corrected chi connectivity index (χ3v) is 2.51. The van der Waals surface area contributed by atoms with Crippen molar-refractivity contribution < 1.29 is 14.7 Å². The number of likely N-dealkylation sites (N-methyl/N-ethyl adjacent to an activating group) is 1. The van der Waals surface area contributed by atoms with Crippen LogP contribution in [0.1, 0.15) is 33.1 Å². The standard InChI is InChI=1S/C12H21NO3/c1-5-6-10(12(15)16)7-8-13(4)11(14)9(2)3/h10H,2,5-8H2,1,3-4H3,(H,15,16). The van der Waals surface area contributed by atoms with E-state index in [2.05, 4.69) is 6.58 Å². The van der Waals surface area contributed by atoms with Gasteiger partial charge < -0.3 is 10.0 Å². The molecule has 1 N–H and O–H groups in total. The Morgan fingerprint density at radius 3 is 2.31 bits per heavy atom. The van der Waals surface area contributed by atoms with E-state index < -0.39 is 5.97 Å². The van der Waals surface area contributed by atoms with Gasteiger partial charge in [0.25, 0.3) is 0 Å². The zero-order chi connectivity index (χ0) is 12.7. The number of aliphatic carboxylic acids is 1. The smallest absolute Gasteiger partial charge is 0.306 e. The average molecular weight is 227 g/mol. The molecule has 0 aliphatic rings. The van der Waals surface area contributed by atoms with Crippen LogP contribution in [-0.4, -0.2) is 35.5 Å². The van der Waals surface area contributed by atoms with Crippen molar-refractivity contribution in [3.63, 3.8) is 0 Å². The lowest BCUT2D eigenvalue weighted by atomic mass is 10.00. The number of carboxylic acid groups (broad SMARTS) is 1. The Bertz CT molecular complexity index is 273. The van der Waals surface area contributed by atoms with Crippen LogP contribution in [0.15, 0.2) is 12.2 Å². The van der Waals surface area contributed by atoms with Gasteiger partial charge in [-0.05, 0) is 19.8 Å². The van der Waals surface area contributed by atoms with E-state index in [0.717, 1.165) is 6.42 Å². The van der Waals surface area contributed by atoms with E-state index >= 15 is 0 Å². The third-order valence-electron chi connectivity index (χ3n) is 2.51. The van der Waals surface area contributed by atoms with Crippen molar-refractivity contribution in [2.75, 3.05) is 13.6 Å². The minimum absolute atomic E-state index is 0.124. The van der Waals surface area contributed by atoms with Crippen LogP contribution >= 0.6 is 0 Å². The summed E-state index contributed by atoms with van der Waals surface area (Å²) in [4.78, 5) is 23.9. The quantitative estimate of drug-likeness (QED) is 0.676. The van der Waals surface area contributed by atoms with Crippen molar-refractivity contribution in [2.24, 2.45) is 5.92 Å². The van der Waals surface area contributed by atoms with Gasteiger partial charge in [0.2, 0.25) is 5.91 Å². The molecular weight excluding hydrogens is 206 g/mol. The molecule has 0 aromatic carbocycles. The molecule has 1 amide bonds. The lowest BCUT2D eigenvalue weighted by molar-refractivity contribution is -0.142. The first-order valence-electron chi connectivity index (χ1n) is 5.53. The van der Waals surface area contributed by atoms with Crippen molar-refractivity contribution in [1.29, 1.82) is 0 Å². The summed E-state index contributed by atoms with van der Waals surface area (Å²) in [6, 6.07) is 0. The van der Waals surface area contributed by atoms with Crippen molar-refractivity contribution in [3.05, 3.63) is 12.2 Å². The van der Waals surface area contributed by atoms with Gasteiger partial charge in [0, 0.05) is 19.2 Å². The van der Waals surface area contributed by atoms with Crippen LogP contribution in [0, 0.1) is 5.92 Å². The van der Waals surface area contributed by atoms with Gasteiger partial charge in [0.1, 0.15) is 0 Å². The summed E-state index contributed by atoms with van der Waals surface area (Å²) in [5.74, 6) is -1.26. The summed E-state index contributed by atoms with van der Waals surface area (Å²) in [7, 11) is 1.67. The van der Waals surface area contributed by atoms with Crippen molar-refractivity contribution in [1.82, 2.24) is 4.90 Å². The molecule has 0 aromatic heterocycles. The van der Waals surface area contributed by atoms with Gasteiger partial charge in [-0.3, -0.25) is 9.59 Å². The summed E-state index contributed by atoms with van der Waals surface area (Å²) in [6.45, 7) is 7.64. The minimum Gasteiger partial charge on any atom is -0.481 e. The third kappa shape index (κ3) is 4.96. The van der Waals surface area contributed by atoms with Crippen molar-refractivity contribution in [3.8, 4) is 0 Å². The highest BCUT2D eigenvalue weighted by Gasteiger charge is 2.18. The number of amides is 1. The monoisotopic (exact) mass is 227 g/mol. The van der Waals surface area contributed by atoms with E-state index in [9.17, 15) is 9.59 Å². The maximum absolute atomic E-state index is 11.5. The molecule has 4 nitrogen and oxygen atoms in total. The highest BCUT2D eigenvalue weighted by atomic mass is 16.4. The molecule has 92 valence electrons. The predicted octanol–water partition coefficient (Wildman–Crippen LogP) is 1.91. The molecule has 0 radical (unpaired) electrons. The lowest BCUT2D eigenvalue weighted by Gasteiger charge is -2.19. The number of carbonyl (C=O) groups excluding carboxylic acids is 1. The van der Waals surface area contributed by atoms with E-state index in [4.69, 9.17) is 5.11 Å². The lowest BCUT2D eigenvalue weighted by Crippen LogP contribution is -2.30. The Labute approximate surface area is 96.9 Å². The fraction of sp³-hybridized carbons (Fsp3) is 0.667. The van der Waals surface area contributed by atoms with Crippen LogP contribution in [0.5, 0.6) is 0 Å². The number of hydrogen-bond donors (Lipinski definition) is 1. The molecular formula is C12H21NO3. The Balaban J connectivity index is 4.15. The number of carbonyl (C=O) groups is 2. The molecule has 0 fully saturated rings. The second-order valence-electron chi connectivity index (χ2n) is 4.12. The summed E-state index contributed by atoms with van der Waals surface area (Å²) in [5, 5.41) is 8.94. The molecule has 1 atom stereocenters. The zero-order valence-electron chi connectivity index (χ0n) is 10.3. The average Bonchev–Trinajstić information content (AvgIpc) is 2.21. The molecule has 1 unspecified atom stereocenters. The maximum Gasteiger partial charge on any atom is 0.306 e. The molecule has 0 aliphatic heterocycles. The summed E-state index contributed by atoms with van der Waals surface area (Å²) < 4.78 is 0. The highest BCUT2D eigenvalue weighted by molar-refractivity contribution is 5.91. The second kappa shape index (κ2) is 7.04. The summed E-state index contributed by atoms with van der Waals surface area (Å²) in [5.41, 5.74) is 0.477. The predicted molar refractivity (Wildman–Crippen MR) is 63.1 cm³/mol. The van der Waals surface area contributed by atoms with Gasteiger partial charge in [0.15, 0.2) is 0 Å². The molecule has 0 heterocycles. The molecule has 4 heteroatoms. The SMILES string of the molecule is C=C(C)C(=O)N(C)CCC(CCC)C(=O)O. The molecule has 0 bridgehead atoms. The summed E-state index contributed by atoms with van der Waals surface area (Å²) in [6.07, 6.45) is 2.00. The number of hydrogen-bond acceptors (Lipinski definition) is 2. The molecule has 16 heavy (non-hydrogen) atoms. The van der Waals surface area contributed by atoms with E-state index in [1.54, 1.807) is 14.0 Å². The first-order chi connectivity index (χ1) is 7.40. The van der Waals surface area contributed by atoms with E-state index in [1.807, 2.05) is 6.92 Å². The van der Waals surface area contributed by atoms with Gasteiger partial charge in [-0.1, -0.05) is 19.9 Å². The van der Waals surface area contributed by atoms with E-state index in [1.165, 1.54) is 4.90 Å². The van der Waals surface area contributed by atoms with Gasteiger partial charge in [-0.15, -0.1) is 0 Å². The van der Waals surface area contributed by atoms with Gasteiger partial charge in [-0.25, -0.2) is 0 Å². The normalized spacial score (nSPS) is 11.9. The van der Waals surface area contributed by atoms with Crippen molar-refractivity contribution >= 4 is 11.9 Å². The number of rotatable bonds is 7. The Hall–Kier alpha value is -1.32. The first-order valence-corrected chi connectivity index (χ1v) is 5.53. The zero-order valence-corrected chi connectivity index (χ0v) is 10.3. The van der Waals surface area contributed by atoms with Crippen LogP contribution in [0.3, 0.4) is 0 Å². The van der Waals surface area contributed by atoms with E-state index in [0.29, 0.717) is 25.0 Å². The molecule has 0 saturated heterocycles. The Kier molecular flexibility index (Phi) is 6.46. The minimum atomic E-state index is -0.780. The van der Waals surface area contributed by atoms with Crippen LogP contribution in [0.4, 0.5) is 0 Å². The summed E-state index contributed by atoms with van der Waals surface area (Å²) >= 11 is 0. The number of carboxylic acids is 1. The van der Waals surface area contributed by atoms with Crippen LogP contribution in [0.25, 0.3) is 0 Å². The van der Waals surface area contributed by atoms with Crippen LogP contribution in [-0.2, 0) is 9.59 Å². The highest BCUT2D eigenvalue weighted by Crippen LogP contribution is 2.12. The molecule has 0 aromatic rings. The van der Waals surface area contributed by atoms with Gasteiger partial charge in [0.05, 0.1) is 5.92 Å². The fourth-order valence-corrected chi connectivity index (χ4v) is 1.52.